The second kappa shape index (κ2) is 6.05. The lowest BCUT2D eigenvalue weighted by Gasteiger charge is -2.07. The Labute approximate surface area is 122 Å². The maximum atomic E-state index is 9.30. The van der Waals surface area contributed by atoms with E-state index in [-0.39, 0.29) is 6.61 Å². The molecule has 0 atom stereocenters. The molecule has 1 N–H and O–H groups in total. The van der Waals surface area contributed by atoms with Crippen LogP contribution < -0.4 is 0 Å². The Morgan fingerprint density at radius 1 is 0.941 bits per heavy atom. The van der Waals surface area contributed by atoms with Gasteiger partial charge in [0.2, 0.25) is 0 Å². The van der Waals surface area contributed by atoms with Crippen molar-refractivity contribution in [1.82, 2.24) is 0 Å². The van der Waals surface area contributed by atoms with Crippen LogP contribution in [-0.4, -0.2) is 5.11 Å². The molecule has 0 aromatic heterocycles. The highest BCUT2D eigenvalue weighted by Crippen LogP contribution is 2.33. The number of rotatable bonds is 3. The number of benzene rings is 2. The lowest BCUT2D eigenvalue weighted by atomic mass is 10.2. The Hall–Kier alpha value is -0.290. The first-order chi connectivity index (χ1) is 8.19. The highest BCUT2D eigenvalue weighted by molar-refractivity contribution is 9.10. The summed E-state index contributed by atoms with van der Waals surface area (Å²) >= 11 is 8.51. The second-order valence-corrected chi connectivity index (χ2v) is 6.41. The second-order valence-electron chi connectivity index (χ2n) is 3.47. The van der Waals surface area contributed by atoms with E-state index < -0.39 is 0 Å². The van der Waals surface area contributed by atoms with E-state index in [0.717, 1.165) is 24.3 Å². The van der Waals surface area contributed by atoms with Crippen molar-refractivity contribution in [2.45, 2.75) is 16.4 Å². The highest BCUT2D eigenvalue weighted by Gasteiger charge is 2.04. The lowest BCUT2D eigenvalue weighted by molar-refractivity contribution is 0.279. The van der Waals surface area contributed by atoms with E-state index >= 15 is 0 Å². The predicted molar refractivity (Wildman–Crippen MR) is 78.3 cm³/mol. The fourth-order valence-electron chi connectivity index (χ4n) is 1.38. The van der Waals surface area contributed by atoms with E-state index in [1.807, 2.05) is 30.3 Å². The Bertz CT molecular complexity index is 511. The Kier molecular flexibility index (Phi) is 4.68. The molecule has 0 heterocycles. The summed E-state index contributed by atoms with van der Waals surface area (Å²) in [6.07, 6.45) is 0. The molecule has 0 amide bonds. The summed E-state index contributed by atoms with van der Waals surface area (Å²) in [6.45, 7) is 0.0616. The fraction of sp³-hybridized carbons (Fsp3) is 0.0769. The van der Waals surface area contributed by atoms with E-state index in [9.17, 15) is 5.11 Å². The van der Waals surface area contributed by atoms with E-state index in [4.69, 9.17) is 0 Å². The first-order valence-electron chi connectivity index (χ1n) is 5.02. The van der Waals surface area contributed by atoms with Crippen LogP contribution in [0, 0.1) is 0 Å². The van der Waals surface area contributed by atoms with E-state index in [2.05, 4.69) is 44.0 Å². The standard InChI is InChI=1S/C13H10Br2OS/c14-10-3-5-12(6-4-10)17-13-7-11(15)2-1-9(13)8-16/h1-7,16H,8H2. The first kappa shape index (κ1) is 13.1. The van der Waals surface area contributed by atoms with Crippen LogP contribution in [0.3, 0.4) is 0 Å². The normalized spacial score (nSPS) is 10.5. The molecule has 2 aromatic rings. The molecular weight excluding hydrogens is 364 g/mol. The third-order valence-electron chi connectivity index (χ3n) is 2.24. The molecule has 0 saturated heterocycles. The Balaban J connectivity index is 2.28. The molecule has 1 nitrogen and oxygen atoms in total. The number of halogens is 2. The summed E-state index contributed by atoms with van der Waals surface area (Å²) in [5.41, 5.74) is 0.945. The van der Waals surface area contributed by atoms with E-state index in [0.29, 0.717) is 0 Å². The van der Waals surface area contributed by atoms with Crippen molar-refractivity contribution in [3.63, 3.8) is 0 Å². The molecule has 2 aromatic carbocycles. The van der Waals surface area contributed by atoms with Crippen molar-refractivity contribution in [1.29, 1.82) is 0 Å². The van der Waals surface area contributed by atoms with Gasteiger partial charge in [0.05, 0.1) is 6.61 Å². The van der Waals surface area contributed by atoms with Crippen molar-refractivity contribution >= 4 is 43.6 Å². The van der Waals surface area contributed by atoms with Crippen molar-refractivity contribution < 1.29 is 5.11 Å². The van der Waals surface area contributed by atoms with Gasteiger partial charge >= 0.3 is 0 Å². The molecule has 0 aliphatic heterocycles. The SMILES string of the molecule is OCc1ccc(Br)cc1Sc1ccc(Br)cc1. The summed E-state index contributed by atoms with van der Waals surface area (Å²) in [6, 6.07) is 14.0. The van der Waals surface area contributed by atoms with Crippen molar-refractivity contribution in [3.05, 3.63) is 57.0 Å². The zero-order valence-electron chi connectivity index (χ0n) is 8.86. The van der Waals surface area contributed by atoms with Gasteiger partial charge in [0.15, 0.2) is 0 Å². The van der Waals surface area contributed by atoms with Gasteiger partial charge in [0.25, 0.3) is 0 Å². The largest absolute Gasteiger partial charge is 0.392 e. The number of aliphatic hydroxyl groups is 1. The van der Waals surface area contributed by atoms with Crippen LogP contribution in [0.4, 0.5) is 0 Å². The monoisotopic (exact) mass is 372 g/mol. The molecule has 0 spiro atoms. The minimum absolute atomic E-state index is 0.0616. The van der Waals surface area contributed by atoms with E-state index in [1.165, 1.54) is 0 Å². The number of aliphatic hydroxyl groups excluding tert-OH is 1. The average Bonchev–Trinajstić information content (AvgIpc) is 2.32. The minimum Gasteiger partial charge on any atom is -0.392 e. The van der Waals surface area contributed by atoms with Gasteiger partial charge in [0.1, 0.15) is 0 Å². The van der Waals surface area contributed by atoms with Crippen LogP contribution >= 0.6 is 43.6 Å². The van der Waals surface area contributed by atoms with Gasteiger partial charge < -0.3 is 5.11 Å². The van der Waals surface area contributed by atoms with Gasteiger partial charge in [-0.15, -0.1) is 0 Å². The molecule has 0 fully saturated rings. The van der Waals surface area contributed by atoms with Crippen LogP contribution in [0.15, 0.2) is 61.2 Å². The molecule has 88 valence electrons. The van der Waals surface area contributed by atoms with Crippen LogP contribution in [0.2, 0.25) is 0 Å². The predicted octanol–water partition coefficient (Wildman–Crippen LogP) is 4.86. The van der Waals surface area contributed by atoms with Gasteiger partial charge in [-0.05, 0) is 42.0 Å². The van der Waals surface area contributed by atoms with Gasteiger partial charge in [-0.25, -0.2) is 0 Å². The first-order valence-corrected chi connectivity index (χ1v) is 7.42. The van der Waals surface area contributed by atoms with Gasteiger partial charge in [-0.3, -0.25) is 0 Å². The molecular formula is C13H10Br2OS. The summed E-state index contributed by atoms with van der Waals surface area (Å²) in [5.74, 6) is 0. The van der Waals surface area contributed by atoms with Crippen LogP contribution in [0.5, 0.6) is 0 Å². The highest BCUT2D eigenvalue weighted by atomic mass is 79.9. The third-order valence-corrected chi connectivity index (χ3v) is 4.37. The molecule has 0 bridgehead atoms. The smallest absolute Gasteiger partial charge is 0.0692 e. The summed E-state index contributed by atoms with van der Waals surface area (Å²) in [4.78, 5) is 2.23. The third kappa shape index (κ3) is 3.58. The van der Waals surface area contributed by atoms with Crippen molar-refractivity contribution in [2.24, 2.45) is 0 Å². The van der Waals surface area contributed by atoms with Crippen molar-refractivity contribution in [2.75, 3.05) is 0 Å². The summed E-state index contributed by atoms with van der Waals surface area (Å²) < 4.78 is 2.09. The molecule has 0 radical (unpaired) electrons. The van der Waals surface area contributed by atoms with Gasteiger partial charge in [0, 0.05) is 18.7 Å². The lowest BCUT2D eigenvalue weighted by Crippen LogP contribution is -1.87. The summed E-state index contributed by atoms with van der Waals surface area (Å²) in [5, 5.41) is 9.30. The molecule has 2 rings (SSSR count). The Morgan fingerprint density at radius 3 is 2.24 bits per heavy atom. The minimum atomic E-state index is 0.0616. The topological polar surface area (TPSA) is 20.2 Å². The van der Waals surface area contributed by atoms with E-state index in [1.54, 1.807) is 11.8 Å². The zero-order chi connectivity index (χ0) is 12.3. The molecule has 17 heavy (non-hydrogen) atoms. The number of hydrogen-bond acceptors (Lipinski definition) is 2. The zero-order valence-corrected chi connectivity index (χ0v) is 12.8. The van der Waals surface area contributed by atoms with Gasteiger partial charge in [-0.1, -0.05) is 49.7 Å². The molecule has 4 heteroatoms. The molecule has 0 aliphatic carbocycles. The fourth-order valence-corrected chi connectivity index (χ4v) is 3.14. The molecule has 0 aliphatic rings. The Morgan fingerprint density at radius 2 is 1.59 bits per heavy atom. The quantitative estimate of drug-likeness (QED) is 0.829. The van der Waals surface area contributed by atoms with Crippen LogP contribution in [-0.2, 0) is 6.61 Å². The molecule has 0 unspecified atom stereocenters. The average molecular weight is 374 g/mol. The van der Waals surface area contributed by atoms with Crippen LogP contribution in [0.25, 0.3) is 0 Å². The van der Waals surface area contributed by atoms with Crippen molar-refractivity contribution in [3.8, 4) is 0 Å². The van der Waals surface area contributed by atoms with Crippen LogP contribution in [0.1, 0.15) is 5.56 Å². The maximum Gasteiger partial charge on any atom is 0.0692 e. The summed E-state index contributed by atoms with van der Waals surface area (Å²) in [7, 11) is 0. The van der Waals surface area contributed by atoms with Gasteiger partial charge in [-0.2, -0.15) is 0 Å². The number of hydrogen-bond donors (Lipinski definition) is 1. The maximum absolute atomic E-state index is 9.30. The molecule has 0 saturated carbocycles.